The van der Waals surface area contributed by atoms with Crippen molar-refractivity contribution in [1.82, 2.24) is 19.7 Å². The largest absolute Gasteiger partial charge is 0.416 e. The Labute approximate surface area is 116 Å². The van der Waals surface area contributed by atoms with Crippen LogP contribution in [0.15, 0.2) is 29.0 Å². The molecule has 0 aliphatic rings. The molecule has 9 heteroatoms. The molecular formula is C12H10F3N5O. The molecule has 0 saturated heterocycles. The molecule has 0 spiro atoms. The lowest BCUT2D eigenvalue weighted by atomic mass is 10.2. The Bertz CT molecular complexity index is 763. The van der Waals surface area contributed by atoms with Gasteiger partial charge >= 0.3 is 6.18 Å². The van der Waals surface area contributed by atoms with Crippen molar-refractivity contribution >= 4 is 17.0 Å². The van der Waals surface area contributed by atoms with Gasteiger partial charge in [0.15, 0.2) is 6.33 Å². The molecule has 0 unspecified atom stereocenters. The van der Waals surface area contributed by atoms with Crippen LogP contribution in [0, 0.1) is 0 Å². The first-order valence-corrected chi connectivity index (χ1v) is 6.03. The summed E-state index contributed by atoms with van der Waals surface area (Å²) in [5, 5.41) is 3.48. The third kappa shape index (κ3) is 2.54. The maximum Gasteiger partial charge on any atom is 0.416 e. The highest BCUT2D eigenvalue weighted by molar-refractivity contribution is 5.79. The summed E-state index contributed by atoms with van der Waals surface area (Å²) < 4.78 is 44.5. The number of nitrogen functional groups attached to an aromatic ring is 1. The van der Waals surface area contributed by atoms with Gasteiger partial charge in [-0.3, -0.25) is 0 Å². The Morgan fingerprint density at radius 3 is 2.76 bits per heavy atom. The van der Waals surface area contributed by atoms with Crippen LogP contribution in [0.5, 0.6) is 0 Å². The van der Waals surface area contributed by atoms with E-state index >= 15 is 0 Å². The molecule has 0 atom stereocenters. The fourth-order valence-corrected chi connectivity index (χ4v) is 2.07. The number of rotatable bonds is 3. The van der Waals surface area contributed by atoms with Crippen LogP contribution < -0.4 is 5.73 Å². The van der Waals surface area contributed by atoms with Gasteiger partial charge in [0.05, 0.1) is 16.6 Å². The normalized spacial score (nSPS) is 12.1. The van der Waals surface area contributed by atoms with Gasteiger partial charge in [0.1, 0.15) is 0 Å². The van der Waals surface area contributed by atoms with Crippen LogP contribution in [0.3, 0.4) is 0 Å². The van der Waals surface area contributed by atoms with Gasteiger partial charge in [0.2, 0.25) is 11.8 Å². The molecular weight excluding hydrogens is 287 g/mol. The molecule has 0 bridgehead atoms. The summed E-state index contributed by atoms with van der Waals surface area (Å²) >= 11 is 0. The Morgan fingerprint density at radius 2 is 2.10 bits per heavy atom. The van der Waals surface area contributed by atoms with Gasteiger partial charge in [-0.1, -0.05) is 5.16 Å². The lowest BCUT2D eigenvalue weighted by Crippen LogP contribution is -2.06. The van der Waals surface area contributed by atoms with Crippen molar-refractivity contribution in [3.05, 3.63) is 36.0 Å². The molecule has 0 amide bonds. The second-order valence-electron chi connectivity index (χ2n) is 4.41. The van der Waals surface area contributed by atoms with E-state index in [9.17, 15) is 13.2 Å². The van der Waals surface area contributed by atoms with Crippen molar-refractivity contribution in [2.75, 3.05) is 5.73 Å². The Morgan fingerprint density at radius 1 is 1.29 bits per heavy atom. The van der Waals surface area contributed by atoms with Crippen LogP contribution in [0.4, 0.5) is 19.1 Å². The molecule has 0 aliphatic heterocycles. The molecule has 0 fully saturated rings. The average molecular weight is 297 g/mol. The van der Waals surface area contributed by atoms with E-state index in [1.54, 1.807) is 4.57 Å². The minimum Gasteiger partial charge on any atom is -0.369 e. The average Bonchev–Trinajstić information content (AvgIpc) is 3.01. The highest BCUT2D eigenvalue weighted by Crippen LogP contribution is 2.31. The van der Waals surface area contributed by atoms with E-state index in [4.69, 9.17) is 10.3 Å². The number of aryl methyl sites for hydroxylation is 2. The predicted octanol–water partition coefficient (Wildman–Crippen LogP) is 2.26. The summed E-state index contributed by atoms with van der Waals surface area (Å²) in [4.78, 5) is 7.83. The molecule has 2 N–H and O–H groups in total. The van der Waals surface area contributed by atoms with Gasteiger partial charge in [0, 0.05) is 13.0 Å². The number of halogens is 3. The van der Waals surface area contributed by atoms with Gasteiger partial charge in [-0.25, -0.2) is 4.98 Å². The summed E-state index contributed by atoms with van der Waals surface area (Å²) in [6.07, 6.45) is -2.71. The number of nitrogens with two attached hydrogens (primary N) is 1. The Hall–Kier alpha value is -2.58. The zero-order valence-electron chi connectivity index (χ0n) is 10.6. The van der Waals surface area contributed by atoms with E-state index in [0.717, 1.165) is 12.1 Å². The molecule has 6 nitrogen and oxygen atoms in total. The second-order valence-corrected chi connectivity index (χ2v) is 4.41. The van der Waals surface area contributed by atoms with Crippen LogP contribution in [0.1, 0.15) is 11.5 Å². The van der Waals surface area contributed by atoms with E-state index in [0.29, 0.717) is 24.4 Å². The molecule has 0 radical (unpaired) electrons. The van der Waals surface area contributed by atoms with Gasteiger partial charge in [-0.05, 0) is 18.2 Å². The number of nitrogens with zero attached hydrogens (tertiary/aromatic N) is 4. The quantitative estimate of drug-likeness (QED) is 0.801. The number of hydrogen-bond donors (Lipinski definition) is 1. The first-order valence-electron chi connectivity index (χ1n) is 6.03. The standard InChI is InChI=1S/C12H10F3N5O/c13-12(14,15)7-1-2-9-8(5-7)19-11(16)20(9)4-3-10-17-6-18-21-10/h1-2,5-6H,3-4H2,(H2,16,19). The summed E-state index contributed by atoms with van der Waals surface area (Å²) in [5.74, 6) is 0.562. The summed E-state index contributed by atoms with van der Waals surface area (Å²) in [6, 6.07) is 3.34. The van der Waals surface area contributed by atoms with Crippen molar-refractivity contribution in [3.63, 3.8) is 0 Å². The van der Waals surface area contributed by atoms with Crippen LogP contribution in [0.2, 0.25) is 0 Å². The van der Waals surface area contributed by atoms with E-state index in [2.05, 4.69) is 15.1 Å². The van der Waals surface area contributed by atoms with Crippen molar-refractivity contribution in [1.29, 1.82) is 0 Å². The molecule has 2 aromatic heterocycles. The van der Waals surface area contributed by atoms with Crippen LogP contribution in [-0.4, -0.2) is 19.7 Å². The van der Waals surface area contributed by atoms with E-state index in [1.165, 1.54) is 12.4 Å². The number of aromatic nitrogens is 4. The number of fused-ring (bicyclic) bond motifs is 1. The Kier molecular flexibility index (Phi) is 3.04. The zero-order chi connectivity index (χ0) is 15.0. The van der Waals surface area contributed by atoms with E-state index in [1.807, 2.05) is 0 Å². The van der Waals surface area contributed by atoms with Crippen molar-refractivity contribution < 1.29 is 17.7 Å². The third-order valence-corrected chi connectivity index (χ3v) is 3.06. The molecule has 0 saturated carbocycles. The third-order valence-electron chi connectivity index (χ3n) is 3.06. The first-order chi connectivity index (χ1) is 9.95. The van der Waals surface area contributed by atoms with Crippen LogP contribution >= 0.6 is 0 Å². The number of anilines is 1. The number of imidazole rings is 1. The van der Waals surface area contributed by atoms with Gasteiger partial charge in [-0.15, -0.1) is 0 Å². The number of benzene rings is 1. The van der Waals surface area contributed by atoms with Crippen molar-refractivity contribution in [3.8, 4) is 0 Å². The lowest BCUT2D eigenvalue weighted by Gasteiger charge is -2.07. The van der Waals surface area contributed by atoms with Gasteiger partial charge in [-0.2, -0.15) is 18.2 Å². The minimum absolute atomic E-state index is 0.142. The van der Waals surface area contributed by atoms with Crippen LogP contribution in [0.25, 0.3) is 11.0 Å². The summed E-state index contributed by atoms with van der Waals surface area (Å²) in [7, 11) is 0. The highest BCUT2D eigenvalue weighted by Gasteiger charge is 2.31. The summed E-state index contributed by atoms with van der Waals surface area (Å²) in [5.41, 5.74) is 5.73. The molecule has 21 heavy (non-hydrogen) atoms. The topological polar surface area (TPSA) is 82.8 Å². The first kappa shape index (κ1) is 13.4. The zero-order valence-corrected chi connectivity index (χ0v) is 10.6. The lowest BCUT2D eigenvalue weighted by molar-refractivity contribution is -0.137. The van der Waals surface area contributed by atoms with Gasteiger partial charge < -0.3 is 14.8 Å². The minimum atomic E-state index is -4.41. The Balaban J connectivity index is 1.94. The highest BCUT2D eigenvalue weighted by atomic mass is 19.4. The maximum atomic E-state index is 12.7. The number of hydrogen-bond acceptors (Lipinski definition) is 5. The fraction of sp³-hybridized carbons (Fsp3) is 0.250. The van der Waals surface area contributed by atoms with E-state index < -0.39 is 11.7 Å². The fourth-order valence-electron chi connectivity index (χ4n) is 2.07. The molecule has 1 aromatic carbocycles. The molecule has 3 aromatic rings. The predicted molar refractivity (Wildman–Crippen MR) is 67.1 cm³/mol. The van der Waals surface area contributed by atoms with Crippen LogP contribution in [-0.2, 0) is 19.1 Å². The molecule has 0 aliphatic carbocycles. The molecule has 3 rings (SSSR count). The number of alkyl halides is 3. The van der Waals surface area contributed by atoms with Crippen molar-refractivity contribution in [2.45, 2.75) is 19.1 Å². The van der Waals surface area contributed by atoms with Gasteiger partial charge in [0.25, 0.3) is 0 Å². The molecule has 2 heterocycles. The second kappa shape index (κ2) is 4.76. The van der Waals surface area contributed by atoms with Crippen molar-refractivity contribution in [2.24, 2.45) is 0 Å². The van der Waals surface area contributed by atoms with E-state index in [-0.39, 0.29) is 11.5 Å². The summed E-state index contributed by atoms with van der Waals surface area (Å²) in [6.45, 7) is 0.385. The monoisotopic (exact) mass is 297 g/mol. The molecule has 110 valence electrons. The smallest absolute Gasteiger partial charge is 0.369 e. The maximum absolute atomic E-state index is 12.7. The SMILES string of the molecule is Nc1nc2cc(C(F)(F)F)ccc2n1CCc1ncno1.